The zero-order valence-corrected chi connectivity index (χ0v) is 17.2. The van der Waals surface area contributed by atoms with Crippen LogP contribution in [0, 0.1) is 6.92 Å². The largest absolute Gasteiger partial charge is 0.508 e. The summed E-state index contributed by atoms with van der Waals surface area (Å²) in [5.74, 6) is 0.502. The smallest absolute Gasteiger partial charge is 0.233 e. The molecule has 3 N–H and O–H groups in total. The van der Waals surface area contributed by atoms with Crippen LogP contribution in [-0.2, 0) is 4.79 Å². The lowest BCUT2D eigenvalue weighted by Gasteiger charge is -2.34. The number of allylic oxidation sites excluding steroid dienone is 2. The standard InChI is InChI=1S/C24H22N2O5/c1-12-21-22(13-7-8-20(30-2)18(28)10-13)23-16(25-24(21)31-26-12)9-14(11-19(23)29)15-5-3-4-6-17(15)27/h3-8,10,14,22,25,27-28H,9,11H2,1-2H3/t14-,22+/m1/s1. The van der Waals surface area contributed by atoms with Crippen molar-refractivity contribution in [3.8, 4) is 17.2 Å². The van der Waals surface area contributed by atoms with Gasteiger partial charge in [0.2, 0.25) is 5.88 Å². The Morgan fingerprint density at radius 1 is 1.13 bits per heavy atom. The van der Waals surface area contributed by atoms with Crippen molar-refractivity contribution < 1.29 is 24.3 Å². The maximum absolute atomic E-state index is 13.4. The van der Waals surface area contributed by atoms with Gasteiger partial charge in [-0.1, -0.05) is 29.4 Å². The summed E-state index contributed by atoms with van der Waals surface area (Å²) < 4.78 is 10.7. The minimum Gasteiger partial charge on any atom is -0.508 e. The summed E-state index contributed by atoms with van der Waals surface area (Å²) in [6, 6.07) is 12.3. The van der Waals surface area contributed by atoms with Gasteiger partial charge < -0.3 is 24.8 Å². The van der Waals surface area contributed by atoms with Gasteiger partial charge in [0.1, 0.15) is 5.75 Å². The van der Waals surface area contributed by atoms with Crippen molar-refractivity contribution in [2.24, 2.45) is 0 Å². The fraction of sp³-hybridized carbons (Fsp3) is 0.250. The van der Waals surface area contributed by atoms with Gasteiger partial charge in [-0.3, -0.25) is 4.79 Å². The first-order valence-corrected chi connectivity index (χ1v) is 10.1. The molecule has 5 rings (SSSR count). The summed E-state index contributed by atoms with van der Waals surface area (Å²) in [7, 11) is 1.49. The molecule has 158 valence electrons. The van der Waals surface area contributed by atoms with Crippen molar-refractivity contribution in [3.63, 3.8) is 0 Å². The molecule has 1 aromatic heterocycles. The summed E-state index contributed by atoms with van der Waals surface area (Å²) in [5, 5.41) is 28.0. The van der Waals surface area contributed by atoms with Crippen molar-refractivity contribution >= 4 is 11.7 Å². The highest BCUT2D eigenvalue weighted by Crippen LogP contribution is 2.50. The Balaban J connectivity index is 1.63. The molecule has 0 bridgehead atoms. The molecule has 0 fully saturated rings. The number of fused-ring (bicyclic) bond motifs is 1. The van der Waals surface area contributed by atoms with E-state index in [9.17, 15) is 15.0 Å². The van der Waals surface area contributed by atoms with Crippen LogP contribution in [0.4, 0.5) is 5.88 Å². The van der Waals surface area contributed by atoms with E-state index in [1.165, 1.54) is 7.11 Å². The van der Waals surface area contributed by atoms with Crippen LogP contribution >= 0.6 is 0 Å². The van der Waals surface area contributed by atoms with E-state index in [2.05, 4.69) is 10.5 Å². The SMILES string of the molecule is COc1ccc([C@@H]2C3=C(C[C@@H](c4ccccc4O)CC3=O)Nc3onc(C)c32)cc1O. The molecule has 3 aromatic rings. The Morgan fingerprint density at radius 2 is 1.94 bits per heavy atom. The lowest BCUT2D eigenvalue weighted by atomic mass is 9.72. The van der Waals surface area contributed by atoms with Gasteiger partial charge in [0.25, 0.3) is 0 Å². The molecule has 0 saturated carbocycles. The summed E-state index contributed by atoms with van der Waals surface area (Å²) >= 11 is 0. The number of carbonyl (C=O) groups excluding carboxylic acids is 1. The number of rotatable bonds is 3. The van der Waals surface area contributed by atoms with Crippen LogP contribution in [0.5, 0.6) is 17.2 Å². The molecule has 1 aliphatic carbocycles. The molecule has 1 aliphatic heterocycles. The predicted molar refractivity (Wildman–Crippen MR) is 113 cm³/mol. The van der Waals surface area contributed by atoms with Gasteiger partial charge in [0, 0.05) is 29.5 Å². The number of phenols is 2. The maximum atomic E-state index is 13.4. The molecule has 2 heterocycles. The van der Waals surface area contributed by atoms with E-state index in [1.807, 2.05) is 25.1 Å². The molecule has 7 heteroatoms. The number of hydrogen-bond acceptors (Lipinski definition) is 7. The third-order valence-corrected chi connectivity index (χ3v) is 6.17. The number of phenolic OH excluding ortho intramolecular Hbond substituents is 2. The molecule has 0 saturated heterocycles. The van der Waals surface area contributed by atoms with Crippen molar-refractivity contribution in [1.29, 1.82) is 0 Å². The lowest BCUT2D eigenvalue weighted by molar-refractivity contribution is -0.116. The number of ether oxygens (including phenoxy) is 1. The molecule has 2 atom stereocenters. The Labute approximate surface area is 179 Å². The summed E-state index contributed by atoms with van der Waals surface area (Å²) in [4.78, 5) is 13.4. The van der Waals surface area contributed by atoms with Crippen LogP contribution in [0.15, 0.2) is 58.3 Å². The van der Waals surface area contributed by atoms with E-state index in [-0.39, 0.29) is 29.6 Å². The monoisotopic (exact) mass is 418 g/mol. The van der Waals surface area contributed by atoms with Gasteiger partial charge in [-0.2, -0.15) is 0 Å². The number of nitrogens with zero attached hydrogens (tertiary/aromatic N) is 1. The highest BCUT2D eigenvalue weighted by atomic mass is 16.5. The second-order valence-electron chi connectivity index (χ2n) is 7.98. The first-order valence-electron chi connectivity index (χ1n) is 10.1. The fourth-order valence-electron chi connectivity index (χ4n) is 4.75. The highest BCUT2D eigenvalue weighted by Gasteiger charge is 2.41. The zero-order chi connectivity index (χ0) is 21.7. The predicted octanol–water partition coefficient (Wildman–Crippen LogP) is 4.36. The van der Waals surface area contributed by atoms with Gasteiger partial charge in [0.15, 0.2) is 17.3 Å². The summed E-state index contributed by atoms with van der Waals surface area (Å²) in [6.07, 6.45) is 0.840. The second kappa shape index (κ2) is 7.19. The van der Waals surface area contributed by atoms with Crippen molar-refractivity contribution in [2.75, 3.05) is 12.4 Å². The van der Waals surface area contributed by atoms with E-state index < -0.39 is 5.92 Å². The summed E-state index contributed by atoms with van der Waals surface area (Å²) in [6.45, 7) is 1.84. The molecule has 2 aliphatic rings. The number of aryl methyl sites for hydroxylation is 1. The number of aromatic nitrogens is 1. The highest BCUT2D eigenvalue weighted by molar-refractivity contribution is 6.01. The van der Waals surface area contributed by atoms with E-state index in [0.29, 0.717) is 29.3 Å². The van der Waals surface area contributed by atoms with E-state index in [0.717, 1.165) is 22.4 Å². The van der Waals surface area contributed by atoms with Crippen LogP contribution in [-0.4, -0.2) is 28.3 Å². The molecule has 0 amide bonds. The van der Waals surface area contributed by atoms with Crippen molar-refractivity contribution in [1.82, 2.24) is 5.16 Å². The van der Waals surface area contributed by atoms with Crippen molar-refractivity contribution in [3.05, 3.63) is 76.1 Å². The molecule has 31 heavy (non-hydrogen) atoms. The summed E-state index contributed by atoms with van der Waals surface area (Å²) in [5.41, 5.74) is 4.39. The topological polar surface area (TPSA) is 105 Å². The first kappa shape index (κ1) is 19.2. The first-order chi connectivity index (χ1) is 15.0. The number of carbonyl (C=O) groups is 1. The lowest BCUT2D eigenvalue weighted by Crippen LogP contribution is -2.29. The Morgan fingerprint density at radius 3 is 2.68 bits per heavy atom. The van der Waals surface area contributed by atoms with Crippen LogP contribution in [0.25, 0.3) is 0 Å². The van der Waals surface area contributed by atoms with Gasteiger partial charge in [-0.25, -0.2) is 0 Å². The molecule has 0 radical (unpaired) electrons. The third kappa shape index (κ3) is 3.04. The minimum atomic E-state index is -0.410. The van der Waals surface area contributed by atoms with Gasteiger partial charge in [-0.15, -0.1) is 0 Å². The second-order valence-corrected chi connectivity index (χ2v) is 7.98. The average molecular weight is 418 g/mol. The number of benzene rings is 2. The van der Waals surface area contributed by atoms with Crippen LogP contribution in [0.1, 0.15) is 47.1 Å². The number of aromatic hydroxyl groups is 2. The fourth-order valence-corrected chi connectivity index (χ4v) is 4.75. The van der Waals surface area contributed by atoms with Crippen molar-refractivity contribution in [2.45, 2.75) is 31.6 Å². The Hall–Kier alpha value is -3.74. The van der Waals surface area contributed by atoms with Crippen LogP contribution in [0.3, 0.4) is 0 Å². The third-order valence-electron chi connectivity index (χ3n) is 6.17. The molecular formula is C24H22N2O5. The minimum absolute atomic E-state index is 0.00596. The van der Waals surface area contributed by atoms with E-state index in [4.69, 9.17) is 9.26 Å². The quantitative estimate of drug-likeness (QED) is 0.580. The number of ketones is 1. The van der Waals surface area contributed by atoms with Gasteiger partial charge >= 0.3 is 0 Å². The average Bonchev–Trinajstić information content (AvgIpc) is 3.12. The normalized spacial score (nSPS) is 20.1. The number of para-hydroxylation sites is 1. The molecule has 7 nitrogen and oxygen atoms in total. The Kier molecular flexibility index (Phi) is 4.46. The molecule has 0 unspecified atom stereocenters. The van der Waals surface area contributed by atoms with Crippen LogP contribution < -0.4 is 10.1 Å². The molecule has 0 spiro atoms. The number of methoxy groups -OCH3 is 1. The van der Waals surface area contributed by atoms with E-state index in [1.54, 1.807) is 24.3 Å². The number of hydrogen-bond donors (Lipinski definition) is 3. The molecule has 2 aromatic carbocycles. The van der Waals surface area contributed by atoms with E-state index >= 15 is 0 Å². The zero-order valence-electron chi connectivity index (χ0n) is 17.2. The number of anilines is 1. The number of Topliss-reactive ketones (excluding diaryl/α,β-unsaturated/α-hetero) is 1. The van der Waals surface area contributed by atoms with Crippen LogP contribution in [0.2, 0.25) is 0 Å². The Bertz CT molecular complexity index is 1230. The van der Waals surface area contributed by atoms with Gasteiger partial charge in [-0.05, 0) is 42.7 Å². The number of nitrogens with one attached hydrogen (secondary N) is 1. The molecular weight excluding hydrogens is 396 g/mol. The maximum Gasteiger partial charge on any atom is 0.233 e. The van der Waals surface area contributed by atoms with Gasteiger partial charge in [0.05, 0.1) is 18.4 Å².